The first-order valence-electron chi connectivity index (χ1n) is 6.90. The van der Waals surface area contributed by atoms with Gasteiger partial charge < -0.3 is 9.47 Å². The predicted molar refractivity (Wildman–Crippen MR) is 76.2 cm³/mol. The van der Waals surface area contributed by atoms with Crippen molar-refractivity contribution < 1.29 is 14.3 Å². The first kappa shape index (κ1) is 13.1. The highest BCUT2D eigenvalue weighted by Crippen LogP contribution is 2.25. The number of nitrogens with zero attached hydrogens (tertiary/aromatic N) is 1. The number of hydrogen-bond donors (Lipinski definition) is 0. The summed E-state index contributed by atoms with van der Waals surface area (Å²) < 4.78 is 10.6. The fourth-order valence-corrected chi connectivity index (χ4v) is 2.44. The van der Waals surface area contributed by atoms with Gasteiger partial charge in [-0.15, -0.1) is 0 Å². The Morgan fingerprint density at radius 2 is 2.00 bits per heavy atom. The molecule has 1 fully saturated rings. The molecule has 1 saturated heterocycles. The molecule has 2 aliphatic heterocycles. The minimum Gasteiger partial charge on any atom is -0.406 e. The zero-order valence-corrected chi connectivity index (χ0v) is 11.5. The van der Waals surface area contributed by atoms with E-state index in [4.69, 9.17) is 9.47 Å². The number of aryl methyl sites for hydroxylation is 1. The summed E-state index contributed by atoms with van der Waals surface area (Å²) in [5, 5.41) is 0. The van der Waals surface area contributed by atoms with Gasteiger partial charge in [0, 0.05) is 19.1 Å². The summed E-state index contributed by atoms with van der Waals surface area (Å²) in [5.74, 6) is 0.406. The van der Waals surface area contributed by atoms with Crippen LogP contribution < -0.4 is 0 Å². The van der Waals surface area contributed by atoms with Crippen molar-refractivity contribution in [3.63, 3.8) is 0 Å². The van der Waals surface area contributed by atoms with E-state index in [1.54, 1.807) is 6.08 Å². The van der Waals surface area contributed by atoms with Gasteiger partial charge in [0.25, 0.3) is 0 Å². The van der Waals surface area contributed by atoms with Crippen LogP contribution in [0.3, 0.4) is 0 Å². The van der Waals surface area contributed by atoms with E-state index < -0.39 is 0 Å². The lowest BCUT2D eigenvalue weighted by atomic mass is 10.0. The van der Waals surface area contributed by atoms with Crippen LogP contribution in [0.4, 0.5) is 0 Å². The van der Waals surface area contributed by atoms with E-state index in [0.717, 1.165) is 24.0 Å². The van der Waals surface area contributed by atoms with E-state index >= 15 is 0 Å². The van der Waals surface area contributed by atoms with Crippen molar-refractivity contribution >= 4 is 17.9 Å². The number of benzene rings is 1. The number of ether oxygens (including phenoxy) is 2. The Balaban J connectivity index is 1.85. The van der Waals surface area contributed by atoms with Crippen molar-refractivity contribution in [3.8, 4) is 0 Å². The van der Waals surface area contributed by atoms with Crippen LogP contribution in [0.1, 0.15) is 24.0 Å². The largest absolute Gasteiger partial charge is 0.406 e. The average molecular weight is 271 g/mol. The van der Waals surface area contributed by atoms with Crippen molar-refractivity contribution in [2.75, 3.05) is 13.2 Å². The number of aliphatic imine (C=N–C) groups is 1. The quantitative estimate of drug-likeness (QED) is 0.614. The molecule has 0 amide bonds. The van der Waals surface area contributed by atoms with Gasteiger partial charge in [0.05, 0.1) is 0 Å². The first-order valence-corrected chi connectivity index (χ1v) is 6.90. The highest BCUT2D eigenvalue weighted by molar-refractivity contribution is 6.07. The molecule has 2 aliphatic rings. The number of carbonyl (C=O) groups is 1. The van der Waals surface area contributed by atoms with E-state index in [1.807, 2.05) is 31.2 Å². The summed E-state index contributed by atoms with van der Waals surface area (Å²) in [4.78, 5) is 16.3. The van der Waals surface area contributed by atoms with Crippen LogP contribution in [0.5, 0.6) is 0 Å². The Bertz CT molecular complexity index is 583. The standard InChI is InChI=1S/C16H17NO3/c1-11-4-2-3-5-13(11)10-14-16(18)20-15(17-14)12-6-8-19-9-7-12/h2-5,10,12H,6-9H2,1H3/b14-10-. The van der Waals surface area contributed by atoms with E-state index in [1.165, 1.54) is 0 Å². The third-order valence-electron chi connectivity index (χ3n) is 3.69. The number of carbonyl (C=O) groups excluding carboxylic acids is 1. The number of esters is 1. The Labute approximate surface area is 118 Å². The molecule has 3 rings (SSSR count). The van der Waals surface area contributed by atoms with Crippen LogP contribution in [0.2, 0.25) is 0 Å². The van der Waals surface area contributed by atoms with E-state index in [-0.39, 0.29) is 11.9 Å². The van der Waals surface area contributed by atoms with Crippen molar-refractivity contribution in [3.05, 3.63) is 41.1 Å². The summed E-state index contributed by atoms with van der Waals surface area (Å²) in [6.07, 6.45) is 3.53. The van der Waals surface area contributed by atoms with Crippen LogP contribution in [-0.4, -0.2) is 25.1 Å². The Morgan fingerprint density at radius 1 is 1.25 bits per heavy atom. The van der Waals surface area contributed by atoms with Crippen LogP contribution in [0, 0.1) is 12.8 Å². The monoisotopic (exact) mass is 271 g/mol. The van der Waals surface area contributed by atoms with Gasteiger partial charge in [-0.25, -0.2) is 9.79 Å². The van der Waals surface area contributed by atoms with E-state index in [0.29, 0.717) is 24.8 Å². The summed E-state index contributed by atoms with van der Waals surface area (Å²) >= 11 is 0. The molecule has 4 nitrogen and oxygen atoms in total. The predicted octanol–water partition coefficient (Wildman–Crippen LogP) is 2.72. The molecular weight excluding hydrogens is 254 g/mol. The molecule has 104 valence electrons. The lowest BCUT2D eigenvalue weighted by Gasteiger charge is -2.20. The summed E-state index contributed by atoms with van der Waals surface area (Å²) in [5.41, 5.74) is 2.50. The van der Waals surface area contributed by atoms with Gasteiger partial charge in [0.2, 0.25) is 5.90 Å². The summed E-state index contributed by atoms with van der Waals surface area (Å²) in [6.45, 7) is 3.42. The van der Waals surface area contributed by atoms with Crippen molar-refractivity contribution in [2.24, 2.45) is 10.9 Å². The molecule has 4 heteroatoms. The lowest BCUT2D eigenvalue weighted by Crippen LogP contribution is -2.24. The van der Waals surface area contributed by atoms with Crippen molar-refractivity contribution in [1.82, 2.24) is 0 Å². The summed E-state index contributed by atoms with van der Waals surface area (Å²) in [7, 11) is 0. The van der Waals surface area contributed by atoms with Crippen LogP contribution in [0.25, 0.3) is 6.08 Å². The minimum atomic E-state index is -0.352. The molecule has 20 heavy (non-hydrogen) atoms. The number of hydrogen-bond acceptors (Lipinski definition) is 4. The molecular formula is C16H17NO3. The topological polar surface area (TPSA) is 47.9 Å². The van der Waals surface area contributed by atoms with Crippen LogP contribution in [0.15, 0.2) is 35.0 Å². The second-order valence-electron chi connectivity index (χ2n) is 5.11. The molecule has 1 aromatic rings. The Hall–Kier alpha value is -1.94. The zero-order valence-electron chi connectivity index (χ0n) is 11.5. The van der Waals surface area contributed by atoms with Gasteiger partial charge in [-0.05, 0) is 37.0 Å². The van der Waals surface area contributed by atoms with Gasteiger partial charge in [0.15, 0.2) is 5.70 Å². The van der Waals surface area contributed by atoms with Gasteiger partial charge in [-0.1, -0.05) is 24.3 Å². The third kappa shape index (κ3) is 2.65. The summed E-state index contributed by atoms with van der Waals surface area (Å²) in [6, 6.07) is 7.90. The van der Waals surface area contributed by atoms with Crippen molar-refractivity contribution in [2.45, 2.75) is 19.8 Å². The fourth-order valence-electron chi connectivity index (χ4n) is 2.44. The van der Waals surface area contributed by atoms with Crippen LogP contribution in [-0.2, 0) is 14.3 Å². The second-order valence-corrected chi connectivity index (χ2v) is 5.11. The highest BCUT2D eigenvalue weighted by atomic mass is 16.6. The smallest absolute Gasteiger partial charge is 0.363 e. The molecule has 0 aliphatic carbocycles. The maximum Gasteiger partial charge on any atom is 0.363 e. The SMILES string of the molecule is Cc1ccccc1/C=C1\N=C(C2CCOCC2)OC1=O. The molecule has 0 N–H and O–H groups in total. The minimum absolute atomic E-state index is 0.204. The molecule has 1 aromatic carbocycles. The van der Waals surface area contributed by atoms with Crippen LogP contribution >= 0.6 is 0 Å². The zero-order chi connectivity index (χ0) is 13.9. The molecule has 0 radical (unpaired) electrons. The van der Waals surface area contributed by atoms with Gasteiger partial charge >= 0.3 is 5.97 Å². The third-order valence-corrected chi connectivity index (χ3v) is 3.69. The molecule has 2 heterocycles. The van der Waals surface area contributed by atoms with Crippen molar-refractivity contribution in [1.29, 1.82) is 0 Å². The molecule has 0 bridgehead atoms. The lowest BCUT2D eigenvalue weighted by molar-refractivity contribution is -0.130. The Kier molecular flexibility index (Phi) is 3.65. The molecule has 0 saturated carbocycles. The highest BCUT2D eigenvalue weighted by Gasteiger charge is 2.30. The first-order chi connectivity index (χ1) is 9.74. The molecule has 0 unspecified atom stereocenters. The molecule has 0 atom stereocenters. The molecule has 0 spiro atoms. The van der Waals surface area contributed by atoms with Gasteiger partial charge in [-0.3, -0.25) is 0 Å². The van der Waals surface area contributed by atoms with Gasteiger partial charge in [-0.2, -0.15) is 0 Å². The van der Waals surface area contributed by atoms with E-state index in [9.17, 15) is 4.79 Å². The molecule has 0 aromatic heterocycles. The number of cyclic esters (lactones) is 1. The maximum absolute atomic E-state index is 11.9. The van der Waals surface area contributed by atoms with Gasteiger partial charge in [0.1, 0.15) is 0 Å². The Morgan fingerprint density at radius 3 is 2.75 bits per heavy atom. The number of rotatable bonds is 2. The normalized spacial score (nSPS) is 21.9. The van der Waals surface area contributed by atoms with E-state index in [2.05, 4.69) is 4.99 Å². The maximum atomic E-state index is 11.9. The second kappa shape index (κ2) is 5.59. The fraction of sp³-hybridized carbons (Fsp3) is 0.375. The average Bonchev–Trinajstić information content (AvgIpc) is 2.84.